The number of thiophene rings is 1. The predicted octanol–water partition coefficient (Wildman–Crippen LogP) is 3.93. The van der Waals surface area contributed by atoms with Crippen LogP contribution in [0.2, 0.25) is 0 Å². The molecule has 2 heterocycles. The van der Waals surface area contributed by atoms with E-state index in [2.05, 4.69) is 9.97 Å². The number of hydrogen-bond acceptors (Lipinski definition) is 6. The van der Waals surface area contributed by atoms with Gasteiger partial charge in [0, 0.05) is 10.9 Å². The summed E-state index contributed by atoms with van der Waals surface area (Å²) in [6.07, 6.45) is 1.48. The molecular weight excluding hydrogens is 332 g/mol. The number of hydrogen-bond donors (Lipinski definition) is 1. The first-order chi connectivity index (χ1) is 11.1. The number of thioether (sulfide) groups is 1. The molecule has 1 N–H and O–H groups in total. The van der Waals surface area contributed by atoms with Crippen molar-refractivity contribution in [3.8, 4) is 16.9 Å². The number of aromatic nitrogens is 2. The maximum Gasteiger partial charge on any atom is 0.316 e. The van der Waals surface area contributed by atoms with Crippen LogP contribution in [0.25, 0.3) is 21.3 Å². The number of methoxy groups -OCH3 is 1. The lowest BCUT2D eigenvalue weighted by atomic mass is 10.1. The van der Waals surface area contributed by atoms with Crippen molar-refractivity contribution in [2.75, 3.05) is 7.11 Å². The molecule has 0 aliphatic rings. The molecule has 0 bridgehead atoms. The van der Waals surface area contributed by atoms with E-state index in [0.29, 0.717) is 5.03 Å². The Balaban J connectivity index is 2.08. The van der Waals surface area contributed by atoms with Gasteiger partial charge in [0.1, 0.15) is 27.2 Å². The average molecular weight is 346 g/mol. The van der Waals surface area contributed by atoms with Gasteiger partial charge in [0.05, 0.1) is 12.5 Å². The highest BCUT2D eigenvalue weighted by Crippen LogP contribution is 2.39. The van der Waals surface area contributed by atoms with E-state index < -0.39 is 11.2 Å². The minimum atomic E-state index is -0.858. The molecule has 1 unspecified atom stereocenters. The third-order valence-electron chi connectivity index (χ3n) is 3.37. The molecular formula is C16H14N2O3S2. The van der Waals surface area contributed by atoms with E-state index in [1.54, 1.807) is 14.0 Å². The number of rotatable bonds is 5. The highest BCUT2D eigenvalue weighted by molar-refractivity contribution is 8.00. The minimum Gasteiger partial charge on any atom is -0.497 e. The Labute approximate surface area is 141 Å². The van der Waals surface area contributed by atoms with Crippen molar-refractivity contribution in [3.05, 3.63) is 36.0 Å². The average Bonchev–Trinajstić information content (AvgIpc) is 3.00. The fourth-order valence-corrected chi connectivity index (χ4v) is 3.99. The number of carboxylic acids is 1. The SMILES string of the molecule is COc1ccc(-c2csc3ncnc(SC(C)C(=O)O)c23)cc1. The normalized spacial score (nSPS) is 12.3. The Bertz CT molecular complexity index is 846. The molecule has 3 rings (SSSR count). The topological polar surface area (TPSA) is 72.3 Å². The van der Waals surface area contributed by atoms with Crippen LogP contribution in [0.4, 0.5) is 0 Å². The van der Waals surface area contributed by atoms with Crippen LogP contribution in [-0.4, -0.2) is 33.4 Å². The monoisotopic (exact) mass is 346 g/mol. The van der Waals surface area contributed by atoms with Gasteiger partial charge in [0.15, 0.2) is 0 Å². The highest BCUT2D eigenvalue weighted by Gasteiger charge is 2.19. The van der Waals surface area contributed by atoms with E-state index in [1.807, 2.05) is 29.6 Å². The standard InChI is InChI=1S/C16H14N2O3S2/c1-9(16(19)20)23-15-13-12(7-22-14(13)17-8-18-15)10-3-5-11(21-2)6-4-10/h3-9H,1-2H3,(H,19,20). The molecule has 0 spiro atoms. The van der Waals surface area contributed by atoms with E-state index in [-0.39, 0.29) is 0 Å². The van der Waals surface area contributed by atoms with Crippen LogP contribution in [-0.2, 0) is 4.79 Å². The van der Waals surface area contributed by atoms with Gasteiger partial charge in [-0.05, 0) is 24.6 Å². The van der Waals surface area contributed by atoms with Gasteiger partial charge in [-0.2, -0.15) is 0 Å². The van der Waals surface area contributed by atoms with Crippen LogP contribution in [0.1, 0.15) is 6.92 Å². The van der Waals surface area contributed by atoms with Crippen LogP contribution in [0.15, 0.2) is 41.0 Å². The van der Waals surface area contributed by atoms with E-state index in [4.69, 9.17) is 9.84 Å². The van der Waals surface area contributed by atoms with Crippen LogP contribution in [0.3, 0.4) is 0 Å². The van der Waals surface area contributed by atoms with Crippen LogP contribution < -0.4 is 4.74 Å². The third-order valence-corrected chi connectivity index (χ3v) is 5.35. The van der Waals surface area contributed by atoms with E-state index >= 15 is 0 Å². The van der Waals surface area contributed by atoms with Gasteiger partial charge >= 0.3 is 5.97 Å². The summed E-state index contributed by atoms with van der Waals surface area (Å²) >= 11 is 2.76. The molecule has 23 heavy (non-hydrogen) atoms. The molecule has 0 fully saturated rings. The van der Waals surface area contributed by atoms with Crippen LogP contribution in [0, 0.1) is 0 Å². The summed E-state index contributed by atoms with van der Waals surface area (Å²) in [5.74, 6) is -0.0679. The number of fused-ring (bicyclic) bond motifs is 1. The lowest BCUT2D eigenvalue weighted by Gasteiger charge is -2.08. The van der Waals surface area contributed by atoms with Crippen molar-refractivity contribution >= 4 is 39.3 Å². The maximum absolute atomic E-state index is 11.1. The third kappa shape index (κ3) is 3.16. The molecule has 118 valence electrons. The summed E-state index contributed by atoms with van der Waals surface area (Å²) in [4.78, 5) is 20.6. The molecule has 0 radical (unpaired) electrons. The van der Waals surface area contributed by atoms with E-state index in [1.165, 1.54) is 29.4 Å². The van der Waals surface area contributed by atoms with Gasteiger partial charge < -0.3 is 9.84 Å². The summed E-state index contributed by atoms with van der Waals surface area (Å²) in [5.41, 5.74) is 2.03. The van der Waals surface area contributed by atoms with Crippen molar-refractivity contribution in [2.24, 2.45) is 0 Å². The Hall–Kier alpha value is -2.12. The zero-order valence-electron chi connectivity index (χ0n) is 12.5. The van der Waals surface area contributed by atoms with E-state index in [9.17, 15) is 4.79 Å². The zero-order valence-corrected chi connectivity index (χ0v) is 14.1. The van der Waals surface area contributed by atoms with Crippen molar-refractivity contribution in [1.29, 1.82) is 0 Å². The molecule has 0 aliphatic carbocycles. The molecule has 1 atom stereocenters. The molecule has 3 aromatic rings. The van der Waals surface area contributed by atoms with Gasteiger partial charge in [-0.3, -0.25) is 4.79 Å². The Morgan fingerprint density at radius 1 is 1.30 bits per heavy atom. The Morgan fingerprint density at radius 2 is 2.04 bits per heavy atom. The molecule has 2 aromatic heterocycles. The van der Waals surface area contributed by atoms with Gasteiger partial charge in [0.25, 0.3) is 0 Å². The van der Waals surface area contributed by atoms with Crippen LogP contribution in [0.5, 0.6) is 5.75 Å². The zero-order chi connectivity index (χ0) is 16.4. The Kier molecular flexibility index (Phi) is 4.49. The fourth-order valence-electron chi connectivity index (χ4n) is 2.14. The first-order valence-electron chi connectivity index (χ1n) is 6.86. The molecule has 0 saturated carbocycles. The van der Waals surface area contributed by atoms with Gasteiger partial charge in [-0.1, -0.05) is 23.9 Å². The molecule has 0 aliphatic heterocycles. The molecule has 0 amide bonds. The maximum atomic E-state index is 11.1. The second kappa shape index (κ2) is 6.55. The number of carbonyl (C=O) groups is 1. The second-order valence-corrected chi connectivity index (χ2v) is 7.02. The van der Waals surface area contributed by atoms with Gasteiger partial charge in [-0.15, -0.1) is 11.3 Å². The summed E-state index contributed by atoms with van der Waals surface area (Å²) < 4.78 is 5.19. The minimum absolute atomic E-state index is 0.572. The highest BCUT2D eigenvalue weighted by atomic mass is 32.2. The summed E-state index contributed by atoms with van der Waals surface area (Å²) in [6, 6.07) is 7.75. The molecule has 7 heteroatoms. The van der Waals surface area contributed by atoms with Crippen LogP contribution >= 0.6 is 23.1 Å². The van der Waals surface area contributed by atoms with E-state index in [0.717, 1.165) is 27.1 Å². The molecule has 1 aromatic carbocycles. The molecule has 5 nitrogen and oxygen atoms in total. The number of nitrogens with zero attached hydrogens (tertiary/aromatic N) is 2. The summed E-state index contributed by atoms with van der Waals surface area (Å²) in [6.45, 7) is 1.65. The fraction of sp³-hybridized carbons (Fsp3) is 0.188. The first kappa shape index (κ1) is 15.8. The predicted molar refractivity (Wildman–Crippen MR) is 92.4 cm³/mol. The quantitative estimate of drug-likeness (QED) is 0.557. The van der Waals surface area contributed by atoms with Crippen molar-refractivity contribution in [3.63, 3.8) is 0 Å². The summed E-state index contributed by atoms with van der Waals surface area (Å²) in [5, 5.41) is 12.2. The Morgan fingerprint density at radius 3 is 2.70 bits per heavy atom. The largest absolute Gasteiger partial charge is 0.497 e. The number of ether oxygens (including phenoxy) is 1. The smallest absolute Gasteiger partial charge is 0.316 e. The first-order valence-corrected chi connectivity index (χ1v) is 8.62. The van der Waals surface area contributed by atoms with Crippen molar-refractivity contribution in [2.45, 2.75) is 17.2 Å². The summed E-state index contributed by atoms with van der Waals surface area (Å²) in [7, 11) is 1.63. The molecule has 0 saturated heterocycles. The lowest BCUT2D eigenvalue weighted by molar-refractivity contribution is -0.136. The van der Waals surface area contributed by atoms with Crippen molar-refractivity contribution < 1.29 is 14.6 Å². The van der Waals surface area contributed by atoms with Crippen molar-refractivity contribution in [1.82, 2.24) is 9.97 Å². The van der Waals surface area contributed by atoms with Gasteiger partial charge in [0.2, 0.25) is 0 Å². The number of aliphatic carboxylic acids is 1. The second-order valence-electron chi connectivity index (χ2n) is 4.84. The number of benzene rings is 1. The number of carboxylic acid groups (broad SMARTS) is 1. The lowest BCUT2D eigenvalue weighted by Crippen LogP contribution is -2.11. The van der Waals surface area contributed by atoms with Gasteiger partial charge in [-0.25, -0.2) is 9.97 Å².